The standard InChI is InChI=1S/C21H33NO2/c1-15(16-8-6-5-7-9-16)22-13-18(23)14-24-19-12-17-10-11-21(19,4)20(17,2)3/h5-9,15,17-19,22-23H,10-14H2,1-4H3. The SMILES string of the molecule is CC(NCC(O)COC1CC2CCC1(C)C2(C)C)c1ccccc1. The third-order valence-corrected chi connectivity index (χ3v) is 7.16. The molecule has 2 N–H and O–H groups in total. The predicted octanol–water partition coefficient (Wildman–Crippen LogP) is 3.93. The third kappa shape index (κ3) is 3.14. The number of rotatable bonds is 7. The van der Waals surface area contributed by atoms with Crippen LogP contribution in [0.1, 0.15) is 58.6 Å². The summed E-state index contributed by atoms with van der Waals surface area (Å²) in [5.74, 6) is 0.779. The van der Waals surface area contributed by atoms with Crippen molar-refractivity contribution in [1.82, 2.24) is 5.32 Å². The highest BCUT2D eigenvalue weighted by Gasteiger charge is 2.61. The van der Waals surface area contributed by atoms with E-state index in [1.54, 1.807) is 0 Å². The van der Waals surface area contributed by atoms with Crippen molar-refractivity contribution in [1.29, 1.82) is 0 Å². The molecule has 24 heavy (non-hydrogen) atoms. The highest BCUT2D eigenvalue weighted by molar-refractivity contribution is 5.18. The molecular formula is C21H33NO2. The Labute approximate surface area is 146 Å². The molecule has 2 bridgehead atoms. The van der Waals surface area contributed by atoms with Crippen molar-refractivity contribution in [2.24, 2.45) is 16.7 Å². The van der Waals surface area contributed by atoms with E-state index in [1.807, 2.05) is 18.2 Å². The van der Waals surface area contributed by atoms with Crippen molar-refractivity contribution in [3.63, 3.8) is 0 Å². The van der Waals surface area contributed by atoms with Gasteiger partial charge in [0.15, 0.2) is 0 Å². The minimum Gasteiger partial charge on any atom is -0.389 e. The van der Waals surface area contributed by atoms with Crippen LogP contribution in [-0.2, 0) is 4.74 Å². The van der Waals surface area contributed by atoms with Crippen molar-refractivity contribution in [2.45, 2.75) is 65.2 Å². The van der Waals surface area contributed by atoms with E-state index in [4.69, 9.17) is 4.74 Å². The smallest absolute Gasteiger partial charge is 0.0898 e. The number of fused-ring (bicyclic) bond motifs is 2. The lowest BCUT2D eigenvalue weighted by Gasteiger charge is -2.39. The molecule has 3 nitrogen and oxygen atoms in total. The zero-order valence-electron chi connectivity index (χ0n) is 15.6. The summed E-state index contributed by atoms with van der Waals surface area (Å²) >= 11 is 0. The van der Waals surface area contributed by atoms with Crippen molar-refractivity contribution in [2.75, 3.05) is 13.2 Å². The van der Waals surface area contributed by atoms with Gasteiger partial charge in [-0.3, -0.25) is 0 Å². The van der Waals surface area contributed by atoms with E-state index in [2.05, 4.69) is 45.1 Å². The van der Waals surface area contributed by atoms with Gasteiger partial charge in [-0.15, -0.1) is 0 Å². The highest BCUT2D eigenvalue weighted by atomic mass is 16.5. The molecule has 0 aromatic heterocycles. The number of aliphatic hydroxyl groups excluding tert-OH is 1. The van der Waals surface area contributed by atoms with Gasteiger partial charge < -0.3 is 15.2 Å². The minimum atomic E-state index is -0.456. The molecule has 0 spiro atoms. The molecule has 0 radical (unpaired) electrons. The molecule has 0 saturated heterocycles. The van der Waals surface area contributed by atoms with Crippen LogP contribution in [0.3, 0.4) is 0 Å². The summed E-state index contributed by atoms with van der Waals surface area (Å²) in [6.07, 6.45) is 3.59. The molecule has 5 unspecified atom stereocenters. The number of benzene rings is 1. The third-order valence-electron chi connectivity index (χ3n) is 7.16. The minimum absolute atomic E-state index is 0.236. The van der Waals surface area contributed by atoms with Gasteiger partial charge in [0.25, 0.3) is 0 Å². The molecule has 2 saturated carbocycles. The molecule has 3 heteroatoms. The van der Waals surface area contributed by atoms with Crippen LogP contribution in [0.2, 0.25) is 0 Å². The summed E-state index contributed by atoms with van der Waals surface area (Å²) in [4.78, 5) is 0. The summed E-state index contributed by atoms with van der Waals surface area (Å²) in [5.41, 5.74) is 1.87. The van der Waals surface area contributed by atoms with Gasteiger partial charge in [0.05, 0.1) is 18.8 Å². The van der Waals surface area contributed by atoms with Gasteiger partial charge in [0, 0.05) is 12.6 Å². The Hall–Kier alpha value is -0.900. The maximum atomic E-state index is 10.3. The van der Waals surface area contributed by atoms with E-state index in [-0.39, 0.29) is 11.5 Å². The van der Waals surface area contributed by atoms with Gasteiger partial charge in [-0.1, -0.05) is 51.1 Å². The van der Waals surface area contributed by atoms with Crippen molar-refractivity contribution >= 4 is 0 Å². The molecule has 1 aromatic carbocycles. The van der Waals surface area contributed by atoms with Crippen LogP contribution in [0.5, 0.6) is 0 Å². The van der Waals surface area contributed by atoms with Crippen LogP contribution >= 0.6 is 0 Å². The summed E-state index contributed by atoms with van der Waals surface area (Å²) in [7, 11) is 0. The average Bonchev–Trinajstić information content (AvgIpc) is 2.91. The number of ether oxygens (including phenoxy) is 1. The van der Waals surface area contributed by atoms with E-state index in [0.717, 1.165) is 12.3 Å². The zero-order valence-corrected chi connectivity index (χ0v) is 15.6. The van der Waals surface area contributed by atoms with Crippen molar-refractivity contribution < 1.29 is 9.84 Å². The molecule has 2 fully saturated rings. The lowest BCUT2D eigenvalue weighted by molar-refractivity contribution is -0.0744. The maximum Gasteiger partial charge on any atom is 0.0898 e. The first kappa shape index (κ1) is 17.9. The highest BCUT2D eigenvalue weighted by Crippen LogP contribution is 2.66. The lowest BCUT2D eigenvalue weighted by atomic mass is 9.70. The quantitative estimate of drug-likeness (QED) is 0.795. The van der Waals surface area contributed by atoms with Gasteiger partial charge in [0.1, 0.15) is 0 Å². The van der Waals surface area contributed by atoms with Gasteiger partial charge in [-0.25, -0.2) is 0 Å². The second-order valence-electron chi connectivity index (χ2n) is 8.63. The summed E-state index contributed by atoms with van der Waals surface area (Å²) in [6, 6.07) is 10.6. The van der Waals surface area contributed by atoms with Gasteiger partial charge in [-0.2, -0.15) is 0 Å². The number of nitrogens with one attached hydrogen (secondary N) is 1. The van der Waals surface area contributed by atoms with Crippen LogP contribution in [0.25, 0.3) is 0 Å². The van der Waals surface area contributed by atoms with Crippen LogP contribution in [0.4, 0.5) is 0 Å². The van der Waals surface area contributed by atoms with E-state index < -0.39 is 6.10 Å². The number of hydrogen-bond donors (Lipinski definition) is 2. The number of hydrogen-bond acceptors (Lipinski definition) is 3. The largest absolute Gasteiger partial charge is 0.389 e. The topological polar surface area (TPSA) is 41.5 Å². The Morgan fingerprint density at radius 3 is 2.54 bits per heavy atom. The van der Waals surface area contributed by atoms with Gasteiger partial charge in [0.2, 0.25) is 0 Å². The molecule has 134 valence electrons. The normalized spacial score (nSPS) is 33.5. The molecular weight excluding hydrogens is 298 g/mol. The second-order valence-corrected chi connectivity index (χ2v) is 8.63. The van der Waals surface area contributed by atoms with E-state index in [0.29, 0.717) is 24.7 Å². The molecule has 2 aliphatic carbocycles. The van der Waals surface area contributed by atoms with E-state index in [1.165, 1.54) is 18.4 Å². The first-order chi connectivity index (χ1) is 11.3. The van der Waals surface area contributed by atoms with Crippen LogP contribution in [-0.4, -0.2) is 30.5 Å². The molecule has 2 aliphatic rings. The van der Waals surface area contributed by atoms with E-state index in [9.17, 15) is 5.11 Å². The fraction of sp³-hybridized carbons (Fsp3) is 0.714. The van der Waals surface area contributed by atoms with Crippen molar-refractivity contribution in [3.05, 3.63) is 35.9 Å². The Morgan fingerprint density at radius 1 is 1.25 bits per heavy atom. The molecule has 0 aliphatic heterocycles. The second kappa shape index (κ2) is 6.78. The Bertz CT molecular complexity index is 544. The number of aliphatic hydroxyl groups is 1. The van der Waals surface area contributed by atoms with Gasteiger partial charge >= 0.3 is 0 Å². The summed E-state index contributed by atoms with van der Waals surface area (Å²) < 4.78 is 6.19. The Morgan fingerprint density at radius 2 is 1.96 bits per heavy atom. The van der Waals surface area contributed by atoms with Crippen LogP contribution in [0, 0.1) is 16.7 Å². The Balaban J connectivity index is 1.44. The molecule has 0 heterocycles. The van der Waals surface area contributed by atoms with E-state index >= 15 is 0 Å². The Kier molecular flexibility index (Phi) is 5.06. The summed E-state index contributed by atoms with van der Waals surface area (Å²) in [5, 5.41) is 13.7. The monoisotopic (exact) mass is 331 g/mol. The predicted molar refractivity (Wildman–Crippen MR) is 97.8 cm³/mol. The molecule has 0 amide bonds. The molecule has 3 rings (SSSR count). The van der Waals surface area contributed by atoms with Gasteiger partial charge in [-0.05, 0) is 48.5 Å². The van der Waals surface area contributed by atoms with Crippen molar-refractivity contribution in [3.8, 4) is 0 Å². The fourth-order valence-corrected chi connectivity index (χ4v) is 4.84. The maximum absolute atomic E-state index is 10.3. The molecule has 1 aromatic rings. The van der Waals surface area contributed by atoms with Crippen LogP contribution in [0.15, 0.2) is 30.3 Å². The average molecular weight is 332 g/mol. The molecule has 5 atom stereocenters. The summed E-state index contributed by atoms with van der Waals surface area (Å²) in [6.45, 7) is 10.3. The first-order valence-electron chi connectivity index (χ1n) is 9.42. The fourth-order valence-electron chi connectivity index (χ4n) is 4.84. The lowest BCUT2D eigenvalue weighted by Crippen LogP contribution is -2.40. The zero-order chi connectivity index (χ0) is 17.4. The van der Waals surface area contributed by atoms with Crippen LogP contribution < -0.4 is 5.32 Å². The first-order valence-corrected chi connectivity index (χ1v) is 9.42.